The Hall–Kier alpha value is -1.85. The van der Waals surface area contributed by atoms with Gasteiger partial charge in [-0.25, -0.2) is 4.98 Å². The van der Waals surface area contributed by atoms with Gasteiger partial charge in [-0.05, 0) is 36.4 Å². The number of benzene rings is 2. The first-order chi connectivity index (χ1) is 11.9. The number of pyridine rings is 1. The number of halogens is 4. The Morgan fingerprint density at radius 2 is 1.36 bits per heavy atom. The van der Waals surface area contributed by atoms with Gasteiger partial charge in [-0.15, -0.1) is 0 Å². The largest absolute Gasteiger partial charge is 0.295 e. The van der Waals surface area contributed by atoms with Crippen LogP contribution >= 0.6 is 46.4 Å². The summed E-state index contributed by atoms with van der Waals surface area (Å²) in [7, 11) is 0. The van der Waals surface area contributed by atoms with Crippen LogP contribution in [-0.4, -0.2) is 9.91 Å². The van der Waals surface area contributed by atoms with Gasteiger partial charge in [-0.3, -0.25) is 10.1 Å². The lowest BCUT2D eigenvalue weighted by atomic mass is 10.0. The molecule has 0 saturated carbocycles. The maximum Gasteiger partial charge on any atom is 0.295 e. The highest BCUT2D eigenvalue weighted by Gasteiger charge is 2.20. The minimum absolute atomic E-state index is 0.168. The number of nitrogens with zero attached hydrogens (tertiary/aromatic N) is 2. The third kappa shape index (κ3) is 3.72. The van der Waals surface area contributed by atoms with Crippen LogP contribution in [-0.2, 0) is 0 Å². The van der Waals surface area contributed by atoms with Crippen molar-refractivity contribution in [1.82, 2.24) is 4.98 Å². The average molecular weight is 414 g/mol. The van der Waals surface area contributed by atoms with E-state index in [0.29, 0.717) is 42.5 Å². The Morgan fingerprint density at radius 1 is 0.800 bits per heavy atom. The van der Waals surface area contributed by atoms with Gasteiger partial charge in [0.2, 0.25) is 0 Å². The van der Waals surface area contributed by atoms with E-state index in [1.807, 2.05) is 0 Å². The van der Waals surface area contributed by atoms with Crippen LogP contribution in [0.1, 0.15) is 0 Å². The van der Waals surface area contributed by atoms with Gasteiger partial charge in [-0.1, -0.05) is 52.5 Å². The van der Waals surface area contributed by atoms with Crippen LogP contribution in [0.3, 0.4) is 0 Å². The fraction of sp³-hybridized carbons (Fsp3) is 0. The molecule has 8 heteroatoms. The van der Waals surface area contributed by atoms with Crippen molar-refractivity contribution >= 4 is 52.1 Å². The molecule has 0 unspecified atom stereocenters. The zero-order valence-electron chi connectivity index (χ0n) is 12.3. The molecule has 3 aromatic rings. The molecule has 25 heavy (non-hydrogen) atoms. The molecule has 4 nitrogen and oxygen atoms in total. The summed E-state index contributed by atoms with van der Waals surface area (Å²) in [6.45, 7) is 0. The summed E-state index contributed by atoms with van der Waals surface area (Å²) < 4.78 is 0. The third-order valence-corrected chi connectivity index (χ3v) is 4.60. The summed E-state index contributed by atoms with van der Waals surface area (Å²) in [6.07, 6.45) is 1.18. The van der Waals surface area contributed by atoms with Gasteiger partial charge < -0.3 is 0 Å². The van der Waals surface area contributed by atoms with E-state index < -0.39 is 4.92 Å². The number of aromatic nitrogens is 1. The summed E-state index contributed by atoms with van der Waals surface area (Å²) >= 11 is 24.3. The van der Waals surface area contributed by atoms with Crippen molar-refractivity contribution in [1.29, 1.82) is 0 Å². The molecule has 0 spiro atoms. The monoisotopic (exact) mass is 412 g/mol. The van der Waals surface area contributed by atoms with E-state index in [9.17, 15) is 10.1 Å². The molecule has 126 valence electrons. The lowest BCUT2D eigenvalue weighted by Gasteiger charge is -2.09. The van der Waals surface area contributed by atoms with E-state index in [1.165, 1.54) is 12.3 Å². The Kier molecular flexibility index (Phi) is 5.16. The predicted molar refractivity (Wildman–Crippen MR) is 102 cm³/mol. The van der Waals surface area contributed by atoms with E-state index >= 15 is 0 Å². The van der Waals surface area contributed by atoms with Crippen molar-refractivity contribution in [2.45, 2.75) is 0 Å². The molecule has 3 rings (SSSR count). The fourth-order valence-corrected chi connectivity index (χ4v) is 3.38. The number of nitro groups is 1. The topological polar surface area (TPSA) is 56.0 Å². The van der Waals surface area contributed by atoms with Crippen molar-refractivity contribution in [2.75, 3.05) is 0 Å². The normalized spacial score (nSPS) is 10.7. The van der Waals surface area contributed by atoms with Crippen LogP contribution in [0.4, 0.5) is 5.69 Å². The summed E-state index contributed by atoms with van der Waals surface area (Å²) in [4.78, 5) is 15.0. The van der Waals surface area contributed by atoms with Crippen molar-refractivity contribution in [2.24, 2.45) is 0 Å². The summed E-state index contributed by atoms with van der Waals surface area (Å²) in [5, 5.41) is 13.0. The quantitative estimate of drug-likeness (QED) is 0.345. The molecule has 0 atom stereocenters. The number of hydrogen-bond donors (Lipinski definition) is 0. The van der Waals surface area contributed by atoms with Gasteiger partial charge in [-0.2, -0.15) is 0 Å². The maximum atomic E-state index is 11.4. The van der Waals surface area contributed by atoms with Gasteiger partial charge in [0.25, 0.3) is 5.69 Å². The molecular weight excluding hydrogens is 406 g/mol. The van der Waals surface area contributed by atoms with Crippen LogP contribution < -0.4 is 0 Å². The number of rotatable bonds is 3. The van der Waals surface area contributed by atoms with Gasteiger partial charge in [0.15, 0.2) is 0 Å². The molecule has 1 heterocycles. The molecule has 0 N–H and O–H groups in total. The Labute approximate surface area is 163 Å². The Morgan fingerprint density at radius 3 is 1.88 bits per heavy atom. The third-order valence-electron chi connectivity index (χ3n) is 3.51. The second-order valence-electron chi connectivity index (χ2n) is 5.09. The standard InChI is InChI=1S/C17H8Cl4N2O2/c18-9-1-3-11(14(20)5-9)13-7-16(22-8-17(13)23(24)25)12-4-2-10(19)6-15(12)21/h1-8H. The van der Waals surface area contributed by atoms with Gasteiger partial charge >= 0.3 is 0 Å². The molecule has 0 aliphatic heterocycles. The molecule has 0 fully saturated rings. The fourth-order valence-electron chi connectivity index (χ4n) is 2.36. The lowest BCUT2D eigenvalue weighted by molar-refractivity contribution is -0.384. The molecule has 1 aromatic heterocycles. The highest BCUT2D eigenvalue weighted by molar-refractivity contribution is 6.37. The maximum absolute atomic E-state index is 11.4. The minimum Gasteiger partial charge on any atom is -0.258 e. The first-order valence-corrected chi connectivity index (χ1v) is 8.43. The zero-order valence-corrected chi connectivity index (χ0v) is 15.4. The van der Waals surface area contributed by atoms with Crippen molar-refractivity contribution < 1.29 is 4.92 Å². The van der Waals surface area contributed by atoms with Crippen LogP contribution in [0.5, 0.6) is 0 Å². The van der Waals surface area contributed by atoms with E-state index in [2.05, 4.69) is 4.98 Å². The SMILES string of the molecule is O=[N+]([O-])c1cnc(-c2ccc(Cl)cc2Cl)cc1-c1ccc(Cl)cc1Cl. The second-order valence-corrected chi connectivity index (χ2v) is 6.78. The highest BCUT2D eigenvalue weighted by Crippen LogP contribution is 2.39. The van der Waals surface area contributed by atoms with E-state index in [0.717, 1.165) is 0 Å². The van der Waals surface area contributed by atoms with E-state index in [-0.39, 0.29) is 5.69 Å². The summed E-state index contributed by atoms with van der Waals surface area (Å²) in [5.74, 6) is 0. The van der Waals surface area contributed by atoms with Crippen molar-refractivity contribution in [3.05, 3.63) is 78.9 Å². The minimum atomic E-state index is -0.513. The molecule has 2 aromatic carbocycles. The lowest BCUT2D eigenvalue weighted by Crippen LogP contribution is -1.96. The van der Waals surface area contributed by atoms with E-state index in [1.54, 1.807) is 36.4 Å². The molecule has 0 aliphatic carbocycles. The summed E-state index contributed by atoms with van der Waals surface area (Å²) in [6, 6.07) is 11.3. The van der Waals surface area contributed by atoms with Gasteiger partial charge in [0.1, 0.15) is 6.20 Å². The first kappa shape index (κ1) is 18.0. The number of hydrogen-bond acceptors (Lipinski definition) is 3. The Balaban J connectivity index is 2.24. The molecule has 0 saturated heterocycles. The van der Waals surface area contributed by atoms with Crippen LogP contribution in [0.2, 0.25) is 20.1 Å². The van der Waals surface area contributed by atoms with Crippen LogP contribution in [0.25, 0.3) is 22.4 Å². The zero-order chi connectivity index (χ0) is 18.1. The molecule has 0 bridgehead atoms. The van der Waals surface area contributed by atoms with E-state index in [4.69, 9.17) is 46.4 Å². The molecule has 0 radical (unpaired) electrons. The van der Waals surface area contributed by atoms with Gasteiger partial charge in [0.05, 0.1) is 26.2 Å². The summed E-state index contributed by atoms with van der Waals surface area (Å²) in [5.41, 5.74) is 1.70. The Bertz CT molecular complexity index is 992. The molecular formula is C17H8Cl4N2O2. The smallest absolute Gasteiger partial charge is 0.258 e. The van der Waals surface area contributed by atoms with Crippen LogP contribution in [0.15, 0.2) is 48.7 Å². The molecule has 0 aliphatic rings. The second kappa shape index (κ2) is 7.18. The van der Waals surface area contributed by atoms with Crippen molar-refractivity contribution in [3.8, 4) is 22.4 Å². The molecule has 0 amide bonds. The van der Waals surface area contributed by atoms with Crippen molar-refractivity contribution in [3.63, 3.8) is 0 Å². The predicted octanol–water partition coefficient (Wildman–Crippen LogP) is 6.94. The van der Waals surface area contributed by atoms with Crippen LogP contribution in [0, 0.1) is 10.1 Å². The first-order valence-electron chi connectivity index (χ1n) is 6.92. The van der Waals surface area contributed by atoms with Gasteiger partial charge in [0, 0.05) is 21.2 Å². The highest BCUT2D eigenvalue weighted by atomic mass is 35.5. The average Bonchev–Trinajstić information content (AvgIpc) is 2.54.